The number of hydrogen-bond acceptors (Lipinski definition) is 4. The van der Waals surface area contributed by atoms with Crippen molar-refractivity contribution in [3.63, 3.8) is 0 Å². The maximum absolute atomic E-state index is 12.8. The normalized spacial score (nSPS) is 16.1. The molecule has 0 atom stereocenters. The fourth-order valence-electron chi connectivity index (χ4n) is 3.22. The van der Waals surface area contributed by atoms with Gasteiger partial charge in [0.2, 0.25) is 15.9 Å². The molecule has 150 valence electrons. The molecule has 0 aromatic heterocycles. The van der Waals surface area contributed by atoms with Crippen molar-refractivity contribution in [3.8, 4) is 0 Å². The van der Waals surface area contributed by atoms with Crippen LogP contribution < -0.4 is 5.32 Å². The first kappa shape index (κ1) is 21.2. The lowest BCUT2D eigenvalue weighted by Crippen LogP contribution is -2.41. The molecule has 1 aliphatic rings. The molecular weight excluding hydrogens is 416 g/mol. The van der Waals surface area contributed by atoms with Crippen LogP contribution >= 0.6 is 23.4 Å². The number of nitrogens with zero attached hydrogens (tertiary/aromatic N) is 1. The first-order chi connectivity index (χ1) is 13.3. The lowest BCUT2D eigenvalue weighted by molar-refractivity contribution is -0.120. The van der Waals surface area contributed by atoms with Gasteiger partial charge in [-0.25, -0.2) is 8.42 Å². The number of benzene rings is 2. The number of aryl methyl sites for hydroxylation is 1. The van der Waals surface area contributed by atoms with E-state index in [0.717, 1.165) is 10.5 Å². The van der Waals surface area contributed by atoms with E-state index in [0.29, 0.717) is 41.5 Å². The molecule has 1 N–H and O–H groups in total. The van der Waals surface area contributed by atoms with Gasteiger partial charge in [-0.15, -0.1) is 11.8 Å². The van der Waals surface area contributed by atoms with Gasteiger partial charge >= 0.3 is 0 Å². The third kappa shape index (κ3) is 4.71. The molecule has 1 heterocycles. The summed E-state index contributed by atoms with van der Waals surface area (Å²) in [6.45, 7) is 2.57. The van der Waals surface area contributed by atoms with Crippen molar-refractivity contribution in [1.29, 1.82) is 0 Å². The zero-order valence-electron chi connectivity index (χ0n) is 15.8. The maximum Gasteiger partial charge on any atom is 0.243 e. The number of carbonyl (C=O) groups excluding carboxylic acids is 1. The molecule has 1 aliphatic heterocycles. The van der Waals surface area contributed by atoms with E-state index in [1.54, 1.807) is 36.0 Å². The van der Waals surface area contributed by atoms with Crippen LogP contribution in [0.15, 0.2) is 52.3 Å². The van der Waals surface area contributed by atoms with E-state index in [-0.39, 0.29) is 11.8 Å². The van der Waals surface area contributed by atoms with Crippen LogP contribution in [0, 0.1) is 12.8 Å². The zero-order chi connectivity index (χ0) is 20.3. The second-order valence-electron chi connectivity index (χ2n) is 6.80. The largest absolute Gasteiger partial charge is 0.326 e. The van der Waals surface area contributed by atoms with Crippen molar-refractivity contribution in [2.24, 2.45) is 5.92 Å². The zero-order valence-corrected chi connectivity index (χ0v) is 18.2. The molecule has 0 spiro atoms. The summed E-state index contributed by atoms with van der Waals surface area (Å²) < 4.78 is 27.1. The fourth-order valence-corrected chi connectivity index (χ4v) is 5.27. The minimum absolute atomic E-state index is 0.0910. The SMILES string of the molecule is CSc1ccc(S(=O)(=O)N2CCC(C(=O)Nc3cc(Cl)ccc3C)CC2)cc1. The van der Waals surface area contributed by atoms with Gasteiger partial charge in [0.15, 0.2) is 0 Å². The van der Waals surface area contributed by atoms with Crippen LogP contribution in [0.25, 0.3) is 0 Å². The molecule has 28 heavy (non-hydrogen) atoms. The summed E-state index contributed by atoms with van der Waals surface area (Å²) in [7, 11) is -3.53. The number of thioether (sulfide) groups is 1. The highest BCUT2D eigenvalue weighted by Crippen LogP contribution is 2.27. The Morgan fingerprint density at radius 1 is 1.14 bits per heavy atom. The predicted molar refractivity (Wildman–Crippen MR) is 115 cm³/mol. The number of hydrogen-bond donors (Lipinski definition) is 1. The molecule has 5 nitrogen and oxygen atoms in total. The van der Waals surface area contributed by atoms with E-state index in [2.05, 4.69) is 5.32 Å². The number of piperidine rings is 1. The van der Waals surface area contributed by atoms with Crippen LogP contribution in [0.2, 0.25) is 5.02 Å². The molecule has 0 saturated carbocycles. The first-order valence-electron chi connectivity index (χ1n) is 9.02. The number of rotatable bonds is 5. The van der Waals surface area contributed by atoms with Gasteiger partial charge in [-0.1, -0.05) is 17.7 Å². The van der Waals surface area contributed by atoms with Crippen molar-refractivity contribution in [2.75, 3.05) is 24.7 Å². The van der Waals surface area contributed by atoms with E-state index >= 15 is 0 Å². The summed E-state index contributed by atoms with van der Waals surface area (Å²) in [5.74, 6) is -0.310. The van der Waals surface area contributed by atoms with E-state index in [4.69, 9.17) is 11.6 Å². The van der Waals surface area contributed by atoms with Gasteiger partial charge in [-0.3, -0.25) is 4.79 Å². The summed E-state index contributed by atoms with van der Waals surface area (Å²) >= 11 is 7.58. The highest BCUT2D eigenvalue weighted by atomic mass is 35.5. The average molecular weight is 439 g/mol. The Balaban J connectivity index is 1.63. The quantitative estimate of drug-likeness (QED) is 0.702. The molecule has 0 radical (unpaired) electrons. The molecule has 1 fully saturated rings. The number of nitrogens with one attached hydrogen (secondary N) is 1. The maximum atomic E-state index is 12.8. The molecular formula is C20H23ClN2O3S2. The Bertz CT molecular complexity index is 954. The molecule has 2 aromatic rings. The van der Waals surface area contributed by atoms with E-state index in [1.807, 2.05) is 31.4 Å². The molecule has 2 aromatic carbocycles. The minimum Gasteiger partial charge on any atom is -0.326 e. The summed E-state index contributed by atoms with van der Waals surface area (Å²) in [5, 5.41) is 3.49. The van der Waals surface area contributed by atoms with Gasteiger partial charge < -0.3 is 5.32 Å². The second kappa shape index (κ2) is 8.86. The van der Waals surface area contributed by atoms with Crippen LogP contribution in [0.5, 0.6) is 0 Å². The fraction of sp³-hybridized carbons (Fsp3) is 0.350. The molecule has 1 amide bonds. The van der Waals surface area contributed by atoms with Gasteiger partial charge in [0, 0.05) is 34.6 Å². The van der Waals surface area contributed by atoms with Crippen LogP contribution in [-0.4, -0.2) is 38.0 Å². The van der Waals surface area contributed by atoms with Gasteiger partial charge in [-0.2, -0.15) is 4.31 Å². The van der Waals surface area contributed by atoms with Crippen molar-refractivity contribution < 1.29 is 13.2 Å². The Hall–Kier alpha value is -1.54. The minimum atomic E-state index is -3.53. The smallest absolute Gasteiger partial charge is 0.243 e. The number of carbonyl (C=O) groups is 1. The lowest BCUT2D eigenvalue weighted by atomic mass is 9.97. The number of sulfonamides is 1. The van der Waals surface area contributed by atoms with Crippen molar-refractivity contribution in [2.45, 2.75) is 29.6 Å². The van der Waals surface area contributed by atoms with Crippen LogP contribution in [-0.2, 0) is 14.8 Å². The van der Waals surface area contributed by atoms with Gasteiger partial charge in [-0.05, 0) is 68.0 Å². The van der Waals surface area contributed by atoms with E-state index < -0.39 is 10.0 Å². The molecule has 0 unspecified atom stereocenters. The topological polar surface area (TPSA) is 66.5 Å². The Kier molecular flexibility index (Phi) is 6.70. The Morgan fingerprint density at radius 2 is 1.79 bits per heavy atom. The molecule has 0 bridgehead atoms. The van der Waals surface area contributed by atoms with E-state index in [1.165, 1.54) is 4.31 Å². The predicted octanol–water partition coefficient (Wildman–Crippen LogP) is 4.41. The number of anilines is 1. The van der Waals surface area contributed by atoms with Gasteiger partial charge in [0.1, 0.15) is 0 Å². The highest BCUT2D eigenvalue weighted by molar-refractivity contribution is 7.98. The third-order valence-electron chi connectivity index (χ3n) is 4.98. The molecule has 1 saturated heterocycles. The standard InChI is InChI=1S/C20H23ClN2O3S2/c1-14-3-4-16(21)13-19(14)22-20(24)15-9-11-23(12-10-15)28(25,26)18-7-5-17(27-2)6-8-18/h3-8,13,15H,9-12H2,1-2H3,(H,22,24). The van der Waals surface area contributed by atoms with Crippen LogP contribution in [0.1, 0.15) is 18.4 Å². The second-order valence-corrected chi connectivity index (χ2v) is 10.1. The third-order valence-corrected chi connectivity index (χ3v) is 7.87. The lowest BCUT2D eigenvalue weighted by Gasteiger charge is -2.30. The van der Waals surface area contributed by atoms with Crippen LogP contribution in [0.4, 0.5) is 5.69 Å². The van der Waals surface area contributed by atoms with Gasteiger partial charge in [0.05, 0.1) is 4.90 Å². The van der Waals surface area contributed by atoms with Crippen LogP contribution in [0.3, 0.4) is 0 Å². The van der Waals surface area contributed by atoms with Crippen molar-refractivity contribution in [1.82, 2.24) is 4.31 Å². The summed E-state index contributed by atoms with van der Waals surface area (Å²) in [4.78, 5) is 13.9. The average Bonchev–Trinajstić information content (AvgIpc) is 2.71. The Labute approximate surface area is 175 Å². The van der Waals surface area contributed by atoms with Crippen molar-refractivity contribution in [3.05, 3.63) is 53.1 Å². The van der Waals surface area contributed by atoms with Gasteiger partial charge in [0.25, 0.3) is 0 Å². The number of halogens is 1. The first-order valence-corrected chi connectivity index (χ1v) is 12.1. The summed E-state index contributed by atoms with van der Waals surface area (Å²) in [5.41, 5.74) is 1.63. The molecule has 3 rings (SSSR count). The number of amides is 1. The summed E-state index contributed by atoms with van der Waals surface area (Å²) in [6, 6.07) is 12.3. The molecule has 8 heteroatoms. The summed E-state index contributed by atoms with van der Waals surface area (Å²) in [6.07, 6.45) is 2.94. The molecule has 0 aliphatic carbocycles. The van der Waals surface area contributed by atoms with Crippen molar-refractivity contribution >= 4 is 45.0 Å². The Morgan fingerprint density at radius 3 is 2.39 bits per heavy atom. The monoisotopic (exact) mass is 438 g/mol. The van der Waals surface area contributed by atoms with E-state index in [9.17, 15) is 13.2 Å². The highest BCUT2D eigenvalue weighted by Gasteiger charge is 2.32.